The Labute approximate surface area is 122 Å². The Bertz CT molecular complexity index is 887. The van der Waals surface area contributed by atoms with E-state index in [1.54, 1.807) is 6.92 Å². The van der Waals surface area contributed by atoms with Gasteiger partial charge in [0.1, 0.15) is 17.6 Å². The molecule has 0 spiro atoms. The summed E-state index contributed by atoms with van der Waals surface area (Å²) in [6, 6.07) is 9.26. The molecule has 0 aliphatic rings. The molecule has 0 unspecified atom stereocenters. The van der Waals surface area contributed by atoms with Crippen LogP contribution in [0.5, 0.6) is 5.75 Å². The molecule has 3 aromatic rings. The number of hydrogen-bond acceptors (Lipinski definition) is 3. The molecule has 21 heavy (non-hydrogen) atoms. The molecule has 3 nitrogen and oxygen atoms in total. The van der Waals surface area contributed by atoms with Crippen molar-refractivity contribution < 1.29 is 9.52 Å². The Kier molecular flexibility index (Phi) is 3.05. The van der Waals surface area contributed by atoms with Gasteiger partial charge in [-0.25, -0.2) is 0 Å². The van der Waals surface area contributed by atoms with Crippen molar-refractivity contribution in [3.05, 3.63) is 63.5 Å². The Morgan fingerprint density at radius 1 is 1.00 bits per heavy atom. The fourth-order valence-corrected chi connectivity index (χ4v) is 2.49. The van der Waals surface area contributed by atoms with Gasteiger partial charge < -0.3 is 9.52 Å². The number of hydrogen-bond donors (Lipinski definition) is 1. The highest BCUT2D eigenvalue weighted by atomic mass is 16.3. The van der Waals surface area contributed by atoms with Crippen molar-refractivity contribution >= 4 is 11.0 Å². The summed E-state index contributed by atoms with van der Waals surface area (Å²) in [6.07, 6.45) is 1.46. The normalized spacial score (nSPS) is 11.0. The lowest BCUT2D eigenvalue weighted by Crippen LogP contribution is -2.07. The van der Waals surface area contributed by atoms with Crippen molar-refractivity contribution in [2.24, 2.45) is 0 Å². The number of phenols is 1. The van der Waals surface area contributed by atoms with Crippen LogP contribution in [-0.4, -0.2) is 5.11 Å². The first-order chi connectivity index (χ1) is 9.99. The smallest absolute Gasteiger partial charge is 0.200 e. The van der Waals surface area contributed by atoms with Crippen LogP contribution >= 0.6 is 0 Å². The predicted molar refractivity (Wildman–Crippen MR) is 83.8 cm³/mol. The van der Waals surface area contributed by atoms with E-state index >= 15 is 0 Å². The second-order valence-electron chi connectivity index (χ2n) is 5.36. The second kappa shape index (κ2) is 4.77. The second-order valence-corrected chi connectivity index (χ2v) is 5.36. The van der Waals surface area contributed by atoms with Gasteiger partial charge in [-0.05, 0) is 37.5 Å². The van der Waals surface area contributed by atoms with Gasteiger partial charge in [-0.15, -0.1) is 0 Å². The molecule has 0 radical (unpaired) electrons. The van der Waals surface area contributed by atoms with Crippen LogP contribution in [0.4, 0.5) is 0 Å². The number of benzene rings is 2. The van der Waals surface area contributed by atoms with Gasteiger partial charge in [0.15, 0.2) is 0 Å². The molecule has 0 fully saturated rings. The highest BCUT2D eigenvalue weighted by Crippen LogP contribution is 2.29. The maximum absolute atomic E-state index is 12.8. The monoisotopic (exact) mass is 280 g/mol. The van der Waals surface area contributed by atoms with Crippen LogP contribution in [0.2, 0.25) is 0 Å². The highest BCUT2D eigenvalue weighted by molar-refractivity contribution is 5.86. The minimum atomic E-state index is -0.0688. The van der Waals surface area contributed by atoms with Gasteiger partial charge in [0.2, 0.25) is 5.43 Å². The third-order valence-corrected chi connectivity index (χ3v) is 3.97. The summed E-state index contributed by atoms with van der Waals surface area (Å²) in [6.45, 7) is 5.62. The van der Waals surface area contributed by atoms with E-state index in [1.807, 2.05) is 38.1 Å². The van der Waals surface area contributed by atoms with Gasteiger partial charge in [-0.3, -0.25) is 4.79 Å². The summed E-state index contributed by atoms with van der Waals surface area (Å²) in [5, 5.41) is 10.4. The Morgan fingerprint density at radius 2 is 1.67 bits per heavy atom. The third-order valence-electron chi connectivity index (χ3n) is 3.97. The van der Waals surface area contributed by atoms with Crippen molar-refractivity contribution in [2.45, 2.75) is 20.8 Å². The first-order valence-electron chi connectivity index (χ1n) is 6.80. The summed E-state index contributed by atoms with van der Waals surface area (Å²) in [4.78, 5) is 12.8. The molecule has 0 amide bonds. The minimum Gasteiger partial charge on any atom is -0.508 e. The summed E-state index contributed by atoms with van der Waals surface area (Å²) in [5.41, 5.74) is 4.32. The maximum Gasteiger partial charge on any atom is 0.200 e. The topological polar surface area (TPSA) is 50.4 Å². The van der Waals surface area contributed by atoms with E-state index < -0.39 is 0 Å². The fourth-order valence-electron chi connectivity index (χ4n) is 2.49. The van der Waals surface area contributed by atoms with Crippen LogP contribution in [-0.2, 0) is 0 Å². The van der Waals surface area contributed by atoms with E-state index in [1.165, 1.54) is 12.3 Å². The SMILES string of the molecule is Cc1ccc(-c2coc3cc(O)c(C)c(C)c3c2=O)cc1. The summed E-state index contributed by atoms with van der Waals surface area (Å²) >= 11 is 0. The zero-order valence-electron chi connectivity index (χ0n) is 12.2. The summed E-state index contributed by atoms with van der Waals surface area (Å²) in [5.74, 6) is 0.145. The Morgan fingerprint density at radius 3 is 2.33 bits per heavy atom. The van der Waals surface area contributed by atoms with E-state index in [2.05, 4.69) is 0 Å². The average Bonchev–Trinajstić information content (AvgIpc) is 2.46. The molecular weight excluding hydrogens is 264 g/mol. The van der Waals surface area contributed by atoms with Crippen LogP contribution in [0, 0.1) is 20.8 Å². The third kappa shape index (κ3) is 2.11. The lowest BCUT2D eigenvalue weighted by Gasteiger charge is -2.09. The molecule has 0 aliphatic carbocycles. The molecule has 0 saturated heterocycles. The van der Waals surface area contributed by atoms with Crippen molar-refractivity contribution in [2.75, 3.05) is 0 Å². The lowest BCUT2D eigenvalue weighted by atomic mass is 9.99. The van der Waals surface area contributed by atoms with E-state index in [4.69, 9.17) is 4.42 Å². The van der Waals surface area contributed by atoms with Crippen molar-refractivity contribution in [3.63, 3.8) is 0 Å². The molecular formula is C18H16O3. The number of aryl methyl sites for hydroxylation is 2. The van der Waals surface area contributed by atoms with Crippen molar-refractivity contribution in [3.8, 4) is 16.9 Å². The Balaban J connectivity index is 2.35. The standard InChI is InChI=1S/C18H16O3/c1-10-4-6-13(7-5-10)14-9-21-16-8-15(19)11(2)12(3)17(16)18(14)20/h4-9,19H,1-3H3. The molecule has 0 aliphatic heterocycles. The van der Waals surface area contributed by atoms with Gasteiger partial charge in [0.05, 0.1) is 10.9 Å². The van der Waals surface area contributed by atoms with Gasteiger partial charge in [-0.1, -0.05) is 29.8 Å². The molecule has 3 heteroatoms. The van der Waals surface area contributed by atoms with E-state index in [9.17, 15) is 9.90 Å². The van der Waals surface area contributed by atoms with Gasteiger partial charge in [-0.2, -0.15) is 0 Å². The van der Waals surface area contributed by atoms with Crippen LogP contribution < -0.4 is 5.43 Å². The lowest BCUT2D eigenvalue weighted by molar-refractivity contribution is 0.469. The summed E-state index contributed by atoms with van der Waals surface area (Å²) < 4.78 is 5.56. The van der Waals surface area contributed by atoms with Crippen LogP contribution in [0.1, 0.15) is 16.7 Å². The van der Waals surface area contributed by atoms with Gasteiger partial charge in [0, 0.05) is 6.07 Å². The molecule has 1 aromatic heterocycles. The molecule has 0 atom stereocenters. The van der Waals surface area contributed by atoms with Crippen LogP contribution in [0.3, 0.4) is 0 Å². The number of rotatable bonds is 1. The number of phenolic OH excluding ortho intramolecular Hbond substituents is 1. The molecule has 3 rings (SSSR count). The highest BCUT2D eigenvalue weighted by Gasteiger charge is 2.14. The maximum atomic E-state index is 12.8. The molecule has 0 bridgehead atoms. The van der Waals surface area contributed by atoms with Crippen LogP contribution in [0.15, 0.2) is 45.8 Å². The minimum absolute atomic E-state index is 0.0688. The first kappa shape index (κ1) is 13.4. The zero-order valence-corrected chi connectivity index (χ0v) is 12.2. The van der Waals surface area contributed by atoms with Gasteiger partial charge >= 0.3 is 0 Å². The molecule has 1 N–H and O–H groups in total. The molecule has 2 aromatic carbocycles. The average molecular weight is 280 g/mol. The van der Waals surface area contributed by atoms with Crippen LogP contribution in [0.25, 0.3) is 22.1 Å². The zero-order chi connectivity index (χ0) is 15.1. The molecule has 106 valence electrons. The van der Waals surface area contributed by atoms with Gasteiger partial charge in [0.25, 0.3) is 0 Å². The largest absolute Gasteiger partial charge is 0.508 e. The summed E-state index contributed by atoms with van der Waals surface area (Å²) in [7, 11) is 0. The van der Waals surface area contributed by atoms with E-state index in [-0.39, 0.29) is 11.2 Å². The first-order valence-corrected chi connectivity index (χ1v) is 6.80. The van der Waals surface area contributed by atoms with E-state index in [0.29, 0.717) is 22.1 Å². The van der Waals surface area contributed by atoms with E-state index in [0.717, 1.165) is 16.7 Å². The fraction of sp³-hybridized carbons (Fsp3) is 0.167. The Hall–Kier alpha value is -2.55. The quantitative estimate of drug-likeness (QED) is 0.730. The van der Waals surface area contributed by atoms with Crippen molar-refractivity contribution in [1.29, 1.82) is 0 Å². The molecule has 0 saturated carbocycles. The number of fused-ring (bicyclic) bond motifs is 1. The van der Waals surface area contributed by atoms with Crippen molar-refractivity contribution in [1.82, 2.24) is 0 Å². The predicted octanol–water partition coefficient (Wildman–Crippen LogP) is 4.09. The number of aromatic hydroxyl groups is 1. The molecule has 1 heterocycles.